The third-order valence-corrected chi connectivity index (χ3v) is 7.38. The van der Waals surface area contributed by atoms with Crippen molar-refractivity contribution >= 4 is 27.6 Å². The molecule has 0 aromatic heterocycles. The lowest BCUT2D eigenvalue weighted by Gasteiger charge is -2.35. The normalized spacial score (nSPS) is 22.2. The summed E-state index contributed by atoms with van der Waals surface area (Å²) in [6, 6.07) is -0.352. The van der Waals surface area contributed by atoms with Crippen LogP contribution in [-0.2, 0) is 29.0 Å². The Kier molecular flexibility index (Phi) is 7.93. The third-order valence-electron chi connectivity index (χ3n) is 5.63. The predicted octanol–water partition coefficient (Wildman–Crippen LogP) is 1.49. The number of nitrogens with zero attached hydrogens (tertiary/aromatic N) is 2. The van der Waals surface area contributed by atoms with Crippen molar-refractivity contribution in [1.29, 1.82) is 0 Å². The van der Waals surface area contributed by atoms with E-state index in [4.69, 9.17) is 4.74 Å². The number of amides is 2. The lowest BCUT2D eigenvalue weighted by Crippen LogP contribution is -2.46. The largest absolute Gasteiger partial charge is 0.455 e. The van der Waals surface area contributed by atoms with Gasteiger partial charge in [-0.05, 0) is 25.2 Å². The van der Waals surface area contributed by atoms with E-state index in [1.54, 1.807) is 9.80 Å². The summed E-state index contributed by atoms with van der Waals surface area (Å²) in [7, 11) is -3.11. The Bertz CT molecular complexity index is 748. The summed E-state index contributed by atoms with van der Waals surface area (Å²) in [5.74, 6) is -0.787. The lowest BCUT2D eigenvalue weighted by molar-refractivity contribution is -0.158. The molecule has 0 aromatic carbocycles. The molecule has 8 nitrogen and oxygen atoms in total. The lowest BCUT2D eigenvalue weighted by atomic mass is 9.91. The zero-order valence-electron chi connectivity index (χ0n) is 18.8. The fourth-order valence-electron chi connectivity index (χ4n) is 4.00. The maximum Gasteiger partial charge on any atom is 0.309 e. The fraction of sp³-hybridized carbons (Fsp3) is 0.857. The number of piperidine rings is 1. The Morgan fingerprint density at radius 1 is 1.10 bits per heavy atom. The van der Waals surface area contributed by atoms with Crippen LogP contribution >= 0.6 is 0 Å². The number of esters is 1. The molecule has 30 heavy (non-hydrogen) atoms. The second kappa shape index (κ2) is 9.66. The summed E-state index contributed by atoms with van der Waals surface area (Å²) in [6.45, 7) is 10.6. The predicted molar refractivity (Wildman–Crippen MR) is 113 cm³/mol. The SMILES string of the molecule is CC(C)CN(C(=O)COC(=O)C1CCN(C(=O)C(C)(C)C)CC1)C1CCS(=O)(=O)C1. The summed E-state index contributed by atoms with van der Waals surface area (Å²) in [6.07, 6.45) is 1.46. The first kappa shape index (κ1) is 24.6. The molecule has 0 N–H and O–H groups in total. The van der Waals surface area contributed by atoms with Gasteiger partial charge in [0.1, 0.15) is 0 Å². The van der Waals surface area contributed by atoms with E-state index in [0.29, 0.717) is 38.9 Å². The number of hydrogen-bond acceptors (Lipinski definition) is 6. The zero-order valence-corrected chi connectivity index (χ0v) is 19.7. The molecule has 9 heteroatoms. The number of sulfone groups is 1. The molecule has 172 valence electrons. The van der Waals surface area contributed by atoms with Gasteiger partial charge < -0.3 is 14.5 Å². The van der Waals surface area contributed by atoms with Crippen LogP contribution in [0.3, 0.4) is 0 Å². The number of rotatable bonds is 6. The molecule has 1 unspecified atom stereocenters. The van der Waals surface area contributed by atoms with Crippen molar-refractivity contribution in [3.63, 3.8) is 0 Å². The standard InChI is InChI=1S/C21H36N2O6S/c1-15(2)12-23(17-8-11-30(27,28)14-17)18(24)13-29-19(25)16-6-9-22(10-7-16)20(26)21(3,4)5/h15-17H,6-14H2,1-5H3. The summed E-state index contributed by atoms with van der Waals surface area (Å²) < 4.78 is 28.9. The maximum absolute atomic E-state index is 12.7. The second-order valence-electron chi connectivity index (χ2n) is 9.92. The van der Waals surface area contributed by atoms with E-state index in [0.717, 1.165) is 0 Å². The number of likely N-dealkylation sites (tertiary alicyclic amines) is 1. The molecule has 2 aliphatic rings. The van der Waals surface area contributed by atoms with Gasteiger partial charge in [0, 0.05) is 31.1 Å². The molecule has 2 saturated heterocycles. The van der Waals surface area contributed by atoms with Crippen LogP contribution in [0.15, 0.2) is 0 Å². The van der Waals surface area contributed by atoms with Crippen molar-refractivity contribution in [3.8, 4) is 0 Å². The first-order valence-electron chi connectivity index (χ1n) is 10.8. The van der Waals surface area contributed by atoms with E-state index < -0.39 is 21.2 Å². The van der Waals surface area contributed by atoms with Crippen molar-refractivity contribution in [1.82, 2.24) is 9.80 Å². The van der Waals surface area contributed by atoms with Crippen LogP contribution in [0.4, 0.5) is 0 Å². The number of carbonyl (C=O) groups is 3. The van der Waals surface area contributed by atoms with Crippen molar-refractivity contribution in [2.45, 2.75) is 59.9 Å². The van der Waals surface area contributed by atoms with E-state index in [1.165, 1.54) is 0 Å². The van der Waals surface area contributed by atoms with Gasteiger partial charge in [-0.3, -0.25) is 14.4 Å². The fourth-order valence-corrected chi connectivity index (χ4v) is 5.73. The molecule has 2 aliphatic heterocycles. The molecule has 0 bridgehead atoms. The van der Waals surface area contributed by atoms with E-state index in [2.05, 4.69) is 0 Å². The van der Waals surface area contributed by atoms with E-state index >= 15 is 0 Å². The molecule has 0 aromatic rings. The monoisotopic (exact) mass is 444 g/mol. The minimum absolute atomic E-state index is 0.0281. The molecular formula is C21H36N2O6S. The van der Waals surface area contributed by atoms with Crippen molar-refractivity contribution in [2.75, 3.05) is 37.7 Å². The van der Waals surface area contributed by atoms with Gasteiger partial charge in [-0.15, -0.1) is 0 Å². The van der Waals surface area contributed by atoms with Crippen LogP contribution in [0, 0.1) is 17.3 Å². The van der Waals surface area contributed by atoms with Gasteiger partial charge in [-0.1, -0.05) is 34.6 Å². The molecule has 0 saturated carbocycles. The smallest absolute Gasteiger partial charge is 0.309 e. The van der Waals surface area contributed by atoms with Gasteiger partial charge >= 0.3 is 5.97 Å². The van der Waals surface area contributed by atoms with Gasteiger partial charge in [-0.25, -0.2) is 8.42 Å². The summed E-state index contributed by atoms with van der Waals surface area (Å²) in [4.78, 5) is 40.9. The molecule has 2 heterocycles. The molecule has 0 radical (unpaired) electrons. The summed E-state index contributed by atoms with van der Waals surface area (Å²) in [5, 5.41) is 0. The van der Waals surface area contributed by atoms with Crippen LogP contribution in [0.5, 0.6) is 0 Å². The number of carbonyl (C=O) groups excluding carboxylic acids is 3. The number of ether oxygens (including phenoxy) is 1. The summed E-state index contributed by atoms with van der Waals surface area (Å²) in [5.41, 5.74) is -0.451. The molecular weight excluding hydrogens is 408 g/mol. The molecule has 1 atom stereocenters. The quantitative estimate of drug-likeness (QED) is 0.575. The molecule has 2 rings (SSSR count). The zero-order chi connectivity index (χ0) is 22.7. The molecule has 2 amide bonds. The Morgan fingerprint density at radius 2 is 1.70 bits per heavy atom. The van der Waals surface area contributed by atoms with Gasteiger partial charge in [0.25, 0.3) is 5.91 Å². The summed E-state index contributed by atoms with van der Waals surface area (Å²) >= 11 is 0. The molecule has 2 fully saturated rings. The van der Waals surface area contributed by atoms with Gasteiger partial charge in [-0.2, -0.15) is 0 Å². The Balaban J connectivity index is 1.87. The Labute approximate surface area is 180 Å². The van der Waals surface area contributed by atoms with Crippen LogP contribution in [0.1, 0.15) is 53.9 Å². The van der Waals surface area contributed by atoms with Crippen molar-refractivity contribution < 1.29 is 27.5 Å². The topological polar surface area (TPSA) is 101 Å². The van der Waals surface area contributed by atoms with Gasteiger partial charge in [0.15, 0.2) is 16.4 Å². The third kappa shape index (κ3) is 6.68. The average Bonchev–Trinajstić information content (AvgIpc) is 3.02. The first-order chi connectivity index (χ1) is 13.8. The van der Waals surface area contributed by atoms with Crippen molar-refractivity contribution in [2.24, 2.45) is 17.3 Å². The molecule has 0 spiro atoms. The van der Waals surface area contributed by atoms with Crippen LogP contribution < -0.4 is 0 Å². The van der Waals surface area contributed by atoms with Gasteiger partial charge in [0.05, 0.1) is 17.4 Å². The van der Waals surface area contributed by atoms with E-state index in [1.807, 2.05) is 34.6 Å². The van der Waals surface area contributed by atoms with Gasteiger partial charge in [0.2, 0.25) is 5.91 Å². The Morgan fingerprint density at radius 3 is 2.17 bits per heavy atom. The highest BCUT2D eigenvalue weighted by Gasteiger charge is 2.36. The first-order valence-corrected chi connectivity index (χ1v) is 12.6. The minimum Gasteiger partial charge on any atom is -0.455 e. The average molecular weight is 445 g/mol. The number of hydrogen-bond donors (Lipinski definition) is 0. The highest BCUT2D eigenvalue weighted by atomic mass is 32.2. The minimum atomic E-state index is -3.11. The Hall–Kier alpha value is -1.64. The van der Waals surface area contributed by atoms with Crippen LogP contribution in [0.2, 0.25) is 0 Å². The van der Waals surface area contributed by atoms with Crippen LogP contribution in [-0.4, -0.2) is 79.8 Å². The molecule has 0 aliphatic carbocycles. The van der Waals surface area contributed by atoms with Crippen molar-refractivity contribution in [3.05, 3.63) is 0 Å². The second-order valence-corrected chi connectivity index (χ2v) is 12.1. The highest BCUT2D eigenvalue weighted by Crippen LogP contribution is 2.24. The van der Waals surface area contributed by atoms with E-state index in [9.17, 15) is 22.8 Å². The highest BCUT2D eigenvalue weighted by molar-refractivity contribution is 7.91. The van der Waals surface area contributed by atoms with Crippen LogP contribution in [0.25, 0.3) is 0 Å². The van der Waals surface area contributed by atoms with E-state index in [-0.39, 0.29) is 47.8 Å². The maximum atomic E-state index is 12.7.